The lowest BCUT2D eigenvalue weighted by Crippen LogP contribution is -2.22. The van der Waals surface area contributed by atoms with Gasteiger partial charge in [0.25, 0.3) is 0 Å². The minimum Gasteiger partial charge on any atom is -0.327 e. The van der Waals surface area contributed by atoms with Crippen LogP contribution in [0.4, 0.5) is 0 Å². The molecular formula is C15H23N. The summed E-state index contributed by atoms with van der Waals surface area (Å²) in [4.78, 5) is 0. The molecule has 1 unspecified atom stereocenters. The average Bonchev–Trinajstić information content (AvgIpc) is 3.14. The van der Waals surface area contributed by atoms with Crippen molar-refractivity contribution < 1.29 is 0 Å². The Kier molecular flexibility index (Phi) is 4.00. The monoisotopic (exact) mass is 217 g/mol. The van der Waals surface area contributed by atoms with Gasteiger partial charge in [-0.25, -0.2) is 0 Å². The van der Waals surface area contributed by atoms with Crippen molar-refractivity contribution in [1.29, 1.82) is 0 Å². The number of rotatable bonds is 6. The van der Waals surface area contributed by atoms with Crippen LogP contribution in [0.1, 0.15) is 43.7 Å². The normalized spacial score (nSPS) is 17.4. The summed E-state index contributed by atoms with van der Waals surface area (Å²) >= 11 is 0. The number of hydrogen-bond donors (Lipinski definition) is 1. The van der Waals surface area contributed by atoms with E-state index in [2.05, 4.69) is 31.2 Å². The van der Waals surface area contributed by atoms with E-state index in [1.807, 2.05) is 0 Å². The van der Waals surface area contributed by atoms with Crippen LogP contribution in [-0.2, 0) is 12.8 Å². The second-order valence-electron chi connectivity index (χ2n) is 5.06. The van der Waals surface area contributed by atoms with Gasteiger partial charge in [-0.1, -0.05) is 31.2 Å². The Hall–Kier alpha value is -0.820. The summed E-state index contributed by atoms with van der Waals surface area (Å²) in [7, 11) is 0. The van der Waals surface area contributed by atoms with E-state index in [1.165, 1.54) is 43.2 Å². The van der Waals surface area contributed by atoms with E-state index in [1.54, 1.807) is 0 Å². The summed E-state index contributed by atoms with van der Waals surface area (Å²) in [6.07, 6.45) is 7.49. The quantitative estimate of drug-likeness (QED) is 0.777. The molecule has 1 saturated carbocycles. The molecule has 1 heteroatoms. The summed E-state index contributed by atoms with van der Waals surface area (Å²) in [5, 5.41) is 0. The Balaban J connectivity index is 1.71. The van der Waals surface area contributed by atoms with Gasteiger partial charge in [-0.2, -0.15) is 0 Å². The Morgan fingerprint density at radius 2 is 1.81 bits per heavy atom. The van der Waals surface area contributed by atoms with Crippen molar-refractivity contribution in [2.75, 3.05) is 0 Å². The van der Waals surface area contributed by atoms with Gasteiger partial charge in [-0.05, 0) is 55.6 Å². The Morgan fingerprint density at radius 3 is 2.38 bits per heavy atom. The first-order valence-electron chi connectivity index (χ1n) is 6.63. The molecule has 0 aliphatic heterocycles. The van der Waals surface area contributed by atoms with Crippen molar-refractivity contribution in [2.45, 2.75) is 51.5 Å². The number of benzene rings is 1. The molecule has 0 aromatic heterocycles. The van der Waals surface area contributed by atoms with Crippen LogP contribution in [0.5, 0.6) is 0 Å². The first-order chi connectivity index (χ1) is 7.79. The third-order valence-electron chi connectivity index (χ3n) is 3.66. The molecule has 0 heterocycles. The summed E-state index contributed by atoms with van der Waals surface area (Å²) in [6, 6.07) is 9.49. The van der Waals surface area contributed by atoms with Gasteiger partial charge in [0.2, 0.25) is 0 Å². The molecule has 2 N–H and O–H groups in total. The topological polar surface area (TPSA) is 26.0 Å². The highest BCUT2D eigenvalue weighted by Gasteiger charge is 2.27. The molecule has 1 aliphatic carbocycles. The molecule has 16 heavy (non-hydrogen) atoms. The predicted molar refractivity (Wildman–Crippen MR) is 69.5 cm³/mol. The Bertz CT molecular complexity index is 311. The number of hydrogen-bond acceptors (Lipinski definition) is 1. The van der Waals surface area contributed by atoms with Crippen molar-refractivity contribution in [3.8, 4) is 0 Å². The molecule has 0 amide bonds. The summed E-state index contributed by atoms with van der Waals surface area (Å²) < 4.78 is 0. The summed E-state index contributed by atoms with van der Waals surface area (Å²) in [5.74, 6) is 0.850. The molecule has 88 valence electrons. The van der Waals surface area contributed by atoms with Gasteiger partial charge in [0.15, 0.2) is 0 Å². The van der Waals surface area contributed by atoms with Gasteiger partial charge in [-0.3, -0.25) is 0 Å². The molecule has 0 radical (unpaired) electrons. The van der Waals surface area contributed by atoms with E-state index in [9.17, 15) is 0 Å². The molecule has 1 aromatic rings. The SMILES string of the molecule is CCc1ccc(CCCC(N)C2CC2)cc1. The second-order valence-corrected chi connectivity index (χ2v) is 5.06. The highest BCUT2D eigenvalue weighted by Crippen LogP contribution is 2.33. The van der Waals surface area contributed by atoms with E-state index in [0.29, 0.717) is 6.04 Å². The van der Waals surface area contributed by atoms with E-state index in [4.69, 9.17) is 5.73 Å². The Morgan fingerprint density at radius 1 is 1.19 bits per heavy atom. The smallest absolute Gasteiger partial charge is 0.00672 e. The minimum absolute atomic E-state index is 0.468. The molecule has 0 bridgehead atoms. The van der Waals surface area contributed by atoms with Gasteiger partial charge >= 0.3 is 0 Å². The van der Waals surface area contributed by atoms with E-state index >= 15 is 0 Å². The maximum Gasteiger partial charge on any atom is 0.00672 e. The zero-order valence-electron chi connectivity index (χ0n) is 10.3. The van der Waals surface area contributed by atoms with E-state index < -0.39 is 0 Å². The van der Waals surface area contributed by atoms with Gasteiger partial charge in [-0.15, -0.1) is 0 Å². The lowest BCUT2D eigenvalue weighted by molar-refractivity contribution is 0.528. The third kappa shape index (κ3) is 3.34. The highest BCUT2D eigenvalue weighted by molar-refractivity contribution is 5.22. The maximum absolute atomic E-state index is 6.09. The molecule has 0 spiro atoms. The van der Waals surface area contributed by atoms with Gasteiger partial charge < -0.3 is 5.73 Å². The van der Waals surface area contributed by atoms with Crippen LogP contribution < -0.4 is 5.73 Å². The zero-order chi connectivity index (χ0) is 11.4. The zero-order valence-corrected chi connectivity index (χ0v) is 10.3. The summed E-state index contributed by atoms with van der Waals surface area (Å²) in [5.41, 5.74) is 8.98. The highest BCUT2D eigenvalue weighted by atomic mass is 14.7. The van der Waals surface area contributed by atoms with Crippen LogP contribution in [0.3, 0.4) is 0 Å². The molecule has 1 fully saturated rings. The molecule has 2 rings (SSSR count). The average molecular weight is 217 g/mol. The van der Waals surface area contributed by atoms with Gasteiger partial charge in [0.05, 0.1) is 0 Å². The molecule has 1 nitrogen and oxygen atoms in total. The van der Waals surface area contributed by atoms with Gasteiger partial charge in [0.1, 0.15) is 0 Å². The van der Waals surface area contributed by atoms with Crippen molar-refractivity contribution in [3.05, 3.63) is 35.4 Å². The second kappa shape index (κ2) is 5.49. The minimum atomic E-state index is 0.468. The maximum atomic E-state index is 6.09. The Labute approximate surface area is 99.0 Å². The van der Waals surface area contributed by atoms with Crippen molar-refractivity contribution in [2.24, 2.45) is 11.7 Å². The molecule has 1 aliphatic rings. The van der Waals surface area contributed by atoms with Gasteiger partial charge in [0, 0.05) is 6.04 Å². The van der Waals surface area contributed by atoms with Crippen LogP contribution in [0, 0.1) is 5.92 Å². The number of aryl methyl sites for hydroxylation is 2. The molecule has 1 atom stereocenters. The predicted octanol–water partition coefficient (Wildman–Crippen LogP) is 3.31. The number of nitrogens with two attached hydrogens (primary N) is 1. The molecule has 1 aromatic carbocycles. The first kappa shape index (κ1) is 11.7. The largest absolute Gasteiger partial charge is 0.327 e. The molecular weight excluding hydrogens is 194 g/mol. The lowest BCUT2D eigenvalue weighted by atomic mass is 10.0. The fourth-order valence-corrected chi connectivity index (χ4v) is 2.24. The van der Waals surface area contributed by atoms with E-state index in [0.717, 1.165) is 12.3 Å². The van der Waals surface area contributed by atoms with Crippen molar-refractivity contribution in [3.63, 3.8) is 0 Å². The fourth-order valence-electron chi connectivity index (χ4n) is 2.24. The van der Waals surface area contributed by atoms with Crippen LogP contribution in [0.15, 0.2) is 24.3 Å². The van der Waals surface area contributed by atoms with Crippen LogP contribution in [-0.4, -0.2) is 6.04 Å². The molecule has 0 saturated heterocycles. The first-order valence-corrected chi connectivity index (χ1v) is 6.63. The van der Waals surface area contributed by atoms with Crippen molar-refractivity contribution >= 4 is 0 Å². The standard InChI is InChI=1S/C15H23N/c1-2-12-6-8-13(9-7-12)4-3-5-15(16)14-10-11-14/h6-9,14-15H,2-5,10-11,16H2,1H3. The fraction of sp³-hybridized carbons (Fsp3) is 0.600. The van der Waals surface area contributed by atoms with Crippen LogP contribution in [0.25, 0.3) is 0 Å². The third-order valence-corrected chi connectivity index (χ3v) is 3.66. The summed E-state index contributed by atoms with van der Waals surface area (Å²) in [6.45, 7) is 2.20. The van der Waals surface area contributed by atoms with Crippen LogP contribution >= 0.6 is 0 Å². The van der Waals surface area contributed by atoms with E-state index in [-0.39, 0.29) is 0 Å². The van der Waals surface area contributed by atoms with Crippen LogP contribution in [0.2, 0.25) is 0 Å². The van der Waals surface area contributed by atoms with Crippen molar-refractivity contribution in [1.82, 2.24) is 0 Å². The lowest BCUT2D eigenvalue weighted by Gasteiger charge is -2.09.